The van der Waals surface area contributed by atoms with E-state index in [1.165, 1.54) is 0 Å². The molecule has 0 aliphatic carbocycles. The molecule has 0 bridgehead atoms. The smallest absolute Gasteiger partial charge is 0.335 e. The van der Waals surface area contributed by atoms with E-state index in [9.17, 15) is 4.79 Å². The van der Waals surface area contributed by atoms with Crippen LogP contribution in [0.2, 0.25) is 0 Å². The summed E-state index contributed by atoms with van der Waals surface area (Å²) in [4.78, 5) is 13.0. The molecule has 1 unspecified atom stereocenters. The van der Waals surface area contributed by atoms with Crippen LogP contribution in [0.15, 0.2) is 18.2 Å². The van der Waals surface area contributed by atoms with Crippen molar-refractivity contribution in [3.05, 3.63) is 23.8 Å². The second kappa shape index (κ2) is 4.63. The quantitative estimate of drug-likeness (QED) is 0.813. The van der Waals surface area contributed by atoms with Crippen LogP contribution < -0.4 is 15.0 Å². The van der Waals surface area contributed by atoms with E-state index in [0.717, 1.165) is 18.0 Å². The van der Waals surface area contributed by atoms with Crippen molar-refractivity contribution < 1.29 is 14.6 Å². The Balaban J connectivity index is 2.32. The Morgan fingerprint density at radius 2 is 2.41 bits per heavy atom. The number of carbonyl (C=O) groups is 1. The molecule has 1 aromatic rings. The number of benzene rings is 1. The Hall–Kier alpha value is -1.75. The van der Waals surface area contributed by atoms with Gasteiger partial charge < -0.3 is 20.1 Å². The van der Waals surface area contributed by atoms with Crippen LogP contribution in [0.25, 0.3) is 0 Å². The van der Waals surface area contributed by atoms with Crippen LogP contribution in [0.4, 0.5) is 5.69 Å². The van der Waals surface area contributed by atoms with Crippen molar-refractivity contribution in [3.8, 4) is 5.75 Å². The Morgan fingerprint density at radius 1 is 1.65 bits per heavy atom. The highest BCUT2D eigenvalue weighted by Gasteiger charge is 2.24. The van der Waals surface area contributed by atoms with E-state index in [0.29, 0.717) is 6.61 Å². The first-order chi connectivity index (χ1) is 8.13. The van der Waals surface area contributed by atoms with Gasteiger partial charge in [-0.15, -0.1) is 0 Å². The average molecular weight is 236 g/mol. The van der Waals surface area contributed by atoms with Gasteiger partial charge in [0.2, 0.25) is 0 Å². The number of nitrogens with one attached hydrogen (secondary N) is 1. The van der Waals surface area contributed by atoms with Crippen molar-refractivity contribution in [2.24, 2.45) is 0 Å². The predicted octanol–water partition coefficient (Wildman–Crippen LogP) is 0.801. The number of ether oxygens (including phenoxy) is 1. The minimum absolute atomic E-state index is 0.219. The normalized spacial score (nSPS) is 18.5. The van der Waals surface area contributed by atoms with Gasteiger partial charge in [-0.3, -0.25) is 0 Å². The summed E-state index contributed by atoms with van der Waals surface area (Å²) in [5.74, 6) is -0.179. The number of carboxylic acids is 1. The molecule has 17 heavy (non-hydrogen) atoms. The van der Waals surface area contributed by atoms with Crippen molar-refractivity contribution in [3.63, 3.8) is 0 Å². The third-order valence-electron chi connectivity index (χ3n) is 3.00. The molecule has 92 valence electrons. The summed E-state index contributed by atoms with van der Waals surface area (Å²) in [5.41, 5.74) is 1.11. The van der Waals surface area contributed by atoms with E-state index in [1.807, 2.05) is 14.1 Å². The molecule has 0 aromatic heterocycles. The van der Waals surface area contributed by atoms with Crippen LogP contribution in [0.3, 0.4) is 0 Å². The minimum atomic E-state index is -0.920. The summed E-state index contributed by atoms with van der Waals surface area (Å²) in [6.45, 7) is 1.41. The molecule has 2 N–H and O–H groups in total. The van der Waals surface area contributed by atoms with E-state index >= 15 is 0 Å². The lowest BCUT2D eigenvalue weighted by molar-refractivity contribution is 0.0697. The lowest BCUT2D eigenvalue weighted by Crippen LogP contribution is -2.46. The number of anilines is 1. The second-order valence-corrected chi connectivity index (χ2v) is 4.12. The van der Waals surface area contributed by atoms with Gasteiger partial charge in [0.1, 0.15) is 12.4 Å². The molecule has 0 amide bonds. The topological polar surface area (TPSA) is 61.8 Å². The van der Waals surface area contributed by atoms with Gasteiger partial charge >= 0.3 is 5.97 Å². The molecule has 1 aliphatic rings. The largest absolute Gasteiger partial charge is 0.489 e. The third kappa shape index (κ3) is 2.19. The van der Waals surface area contributed by atoms with Gasteiger partial charge in [-0.05, 0) is 25.2 Å². The Morgan fingerprint density at radius 3 is 3.06 bits per heavy atom. The maximum absolute atomic E-state index is 10.9. The number of nitrogens with zero attached hydrogens (tertiary/aromatic N) is 1. The van der Waals surface area contributed by atoms with Crippen molar-refractivity contribution in [1.29, 1.82) is 0 Å². The zero-order chi connectivity index (χ0) is 12.4. The standard InChI is InChI=1S/C12H16N2O3/c1-13-6-9-7-17-11-4-3-8(12(15)16)5-10(11)14(9)2/h3-5,9,13H,6-7H2,1-2H3,(H,15,16). The fourth-order valence-corrected chi connectivity index (χ4v) is 1.97. The first-order valence-corrected chi connectivity index (χ1v) is 5.51. The van der Waals surface area contributed by atoms with Gasteiger partial charge in [0.25, 0.3) is 0 Å². The van der Waals surface area contributed by atoms with E-state index < -0.39 is 5.97 Å². The number of likely N-dealkylation sites (N-methyl/N-ethyl adjacent to an activating group) is 2. The molecule has 5 heteroatoms. The molecule has 0 saturated carbocycles. The molecule has 2 rings (SSSR count). The maximum Gasteiger partial charge on any atom is 0.335 e. The summed E-state index contributed by atoms with van der Waals surface area (Å²) in [7, 11) is 3.84. The molecule has 0 saturated heterocycles. The average Bonchev–Trinajstić information content (AvgIpc) is 2.32. The number of hydrogen-bond acceptors (Lipinski definition) is 4. The fourth-order valence-electron chi connectivity index (χ4n) is 1.97. The molecule has 1 aromatic carbocycles. The van der Waals surface area contributed by atoms with Crippen LogP contribution >= 0.6 is 0 Å². The molecule has 1 atom stereocenters. The van der Waals surface area contributed by atoms with E-state index in [-0.39, 0.29) is 11.6 Å². The Bertz CT molecular complexity index is 434. The van der Waals surface area contributed by atoms with E-state index in [4.69, 9.17) is 9.84 Å². The van der Waals surface area contributed by atoms with Crippen LogP contribution in [0, 0.1) is 0 Å². The monoisotopic (exact) mass is 236 g/mol. The van der Waals surface area contributed by atoms with Crippen LogP contribution in [0.5, 0.6) is 5.75 Å². The SMILES string of the molecule is CNCC1COc2ccc(C(=O)O)cc2N1C. The Kier molecular flexibility index (Phi) is 3.19. The number of aromatic carboxylic acids is 1. The number of hydrogen-bond donors (Lipinski definition) is 2. The van der Waals surface area contributed by atoms with Crippen LogP contribution in [0.1, 0.15) is 10.4 Å². The van der Waals surface area contributed by atoms with Crippen molar-refractivity contribution in [1.82, 2.24) is 5.32 Å². The molecular formula is C12H16N2O3. The predicted molar refractivity (Wildman–Crippen MR) is 65.0 cm³/mol. The minimum Gasteiger partial charge on any atom is -0.489 e. The van der Waals surface area contributed by atoms with Crippen molar-refractivity contribution in [2.75, 3.05) is 32.1 Å². The van der Waals surface area contributed by atoms with Crippen molar-refractivity contribution in [2.45, 2.75) is 6.04 Å². The first kappa shape index (κ1) is 11.7. The molecule has 0 spiro atoms. The lowest BCUT2D eigenvalue weighted by Gasteiger charge is -2.35. The van der Waals surface area contributed by atoms with Crippen LogP contribution in [-0.4, -0.2) is 44.4 Å². The van der Waals surface area contributed by atoms with Gasteiger partial charge in [-0.1, -0.05) is 0 Å². The third-order valence-corrected chi connectivity index (χ3v) is 3.00. The second-order valence-electron chi connectivity index (χ2n) is 4.12. The van der Waals surface area contributed by atoms with Gasteiger partial charge in [0.15, 0.2) is 0 Å². The first-order valence-electron chi connectivity index (χ1n) is 5.51. The highest BCUT2D eigenvalue weighted by molar-refractivity contribution is 5.89. The lowest BCUT2D eigenvalue weighted by atomic mass is 10.1. The molecule has 0 fully saturated rings. The zero-order valence-corrected chi connectivity index (χ0v) is 9.93. The van der Waals surface area contributed by atoms with Crippen LogP contribution in [-0.2, 0) is 0 Å². The van der Waals surface area contributed by atoms with Gasteiger partial charge in [-0.25, -0.2) is 4.79 Å². The summed E-state index contributed by atoms with van der Waals surface area (Å²) < 4.78 is 5.62. The number of fused-ring (bicyclic) bond motifs is 1. The molecular weight excluding hydrogens is 220 g/mol. The van der Waals surface area contributed by atoms with E-state index in [2.05, 4.69) is 10.2 Å². The van der Waals surface area contributed by atoms with Gasteiger partial charge in [0, 0.05) is 13.6 Å². The highest BCUT2D eigenvalue weighted by atomic mass is 16.5. The molecule has 1 heterocycles. The summed E-state index contributed by atoms with van der Waals surface area (Å²) >= 11 is 0. The number of rotatable bonds is 3. The van der Waals surface area contributed by atoms with Crippen molar-refractivity contribution >= 4 is 11.7 Å². The highest BCUT2D eigenvalue weighted by Crippen LogP contribution is 2.33. The van der Waals surface area contributed by atoms with Gasteiger partial charge in [-0.2, -0.15) is 0 Å². The Labute approximate surface area is 100.0 Å². The summed E-state index contributed by atoms with van der Waals surface area (Å²) in [6, 6.07) is 5.15. The summed E-state index contributed by atoms with van der Waals surface area (Å²) in [5, 5.41) is 12.1. The maximum atomic E-state index is 10.9. The number of carboxylic acid groups (broad SMARTS) is 1. The summed E-state index contributed by atoms with van der Waals surface area (Å²) in [6.07, 6.45) is 0. The molecule has 1 aliphatic heterocycles. The van der Waals surface area contributed by atoms with E-state index in [1.54, 1.807) is 18.2 Å². The fraction of sp³-hybridized carbons (Fsp3) is 0.417. The van der Waals surface area contributed by atoms with Gasteiger partial charge in [0.05, 0.1) is 17.3 Å². The zero-order valence-electron chi connectivity index (χ0n) is 9.93. The molecule has 5 nitrogen and oxygen atoms in total. The molecule has 0 radical (unpaired) electrons.